The smallest absolute Gasteiger partial charge is 0.0459 e. The molecular weight excluding hydrogens is 236 g/mol. The molecule has 0 bridgehead atoms. The van der Waals surface area contributed by atoms with E-state index in [1.54, 1.807) is 0 Å². The summed E-state index contributed by atoms with van der Waals surface area (Å²) in [5.41, 5.74) is 0. The quantitative estimate of drug-likeness (QED) is 0.799. The van der Waals surface area contributed by atoms with E-state index in [9.17, 15) is 10.2 Å². The lowest BCUT2D eigenvalue weighted by molar-refractivity contribution is 0.0817. The van der Waals surface area contributed by atoms with Crippen LogP contribution in [0.25, 0.3) is 0 Å². The van der Waals surface area contributed by atoms with Crippen LogP contribution in [0.1, 0.15) is 64.7 Å². The highest BCUT2D eigenvalue weighted by Crippen LogP contribution is 2.43. The van der Waals surface area contributed by atoms with Gasteiger partial charge in [0.25, 0.3) is 0 Å². The van der Waals surface area contributed by atoms with Crippen molar-refractivity contribution in [3.05, 3.63) is 0 Å². The van der Waals surface area contributed by atoms with E-state index in [1.165, 1.54) is 57.8 Å². The van der Waals surface area contributed by atoms with Gasteiger partial charge < -0.3 is 10.2 Å². The van der Waals surface area contributed by atoms with Crippen molar-refractivity contribution in [2.24, 2.45) is 29.6 Å². The molecular formula is C17H32O2. The molecule has 0 aromatic carbocycles. The summed E-state index contributed by atoms with van der Waals surface area (Å²) >= 11 is 0. The van der Waals surface area contributed by atoms with Crippen LogP contribution >= 0.6 is 0 Å². The molecule has 0 heterocycles. The minimum atomic E-state index is 0.394. The summed E-state index contributed by atoms with van der Waals surface area (Å²) < 4.78 is 0. The molecule has 0 aliphatic heterocycles. The Balaban J connectivity index is 1.83. The third-order valence-corrected chi connectivity index (χ3v) is 5.98. The molecule has 19 heavy (non-hydrogen) atoms. The molecule has 112 valence electrons. The molecule has 2 nitrogen and oxygen atoms in total. The highest BCUT2D eigenvalue weighted by molar-refractivity contribution is 4.84. The average molecular weight is 268 g/mol. The maximum Gasteiger partial charge on any atom is 0.0459 e. The summed E-state index contributed by atoms with van der Waals surface area (Å²) in [7, 11) is 0. The van der Waals surface area contributed by atoms with E-state index >= 15 is 0 Å². The summed E-state index contributed by atoms with van der Waals surface area (Å²) in [5, 5.41) is 18.5. The number of rotatable bonds is 5. The number of aliphatic hydroxyl groups is 2. The fourth-order valence-corrected chi connectivity index (χ4v) is 4.65. The van der Waals surface area contributed by atoms with E-state index < -0.39 is 0 Å². The van der Waals surface area contributed by atoms with Crippen LogP contribution < -0.4 is 0 Å². The van der Waals surface area contributed by atoms with Crippen molar-refractivity contribution in [2.75, 3.05) is 13.2 Å². The molecule has 2 fully saturated rings. The molecule has 2 rings (SSSR count). The zero-order valence-corrected chi connectivity index (χ0v) is 12.6. The SMILES string of the molecule is CCC(C1CCC(CO)CC1)C1CCC(CO)CC1. The van der Waals surface area contributed by atoms with Gasteiger partial charge in [-0.3, -0.25) is 0 Å². The molecule has 0 unspecified atom stereocenters. The first-order valence-electron chi connectivity index (χ1n) is 8.50. The van der Waals surface area contributed by atoms with Gasteiger partial charge in [-0.25, -0.2) is 0 Å². The average Bonchev–Trinajstić information content (AvgIpc) is 2.49. The Morgan fingerprint density at radius 1 is 0.737 bits per heavy atom. The number of hydrogen-bond acceptors (Lipinski definition) is 2. The molecule has 2 saturated carbocycles. The first-order chi connectivity index (χ1) is 9.28. The van der Waals surface area contributed by atoms with Gasteiger partial charge in [0.15, 0.2) is 0 Å². The highest BCUT2D eigenvalue weighted by Gasteiger charge is 2.33. The van der Waals surface area contributed by atoms with Crippen molar-refractivity contribution in [2.45, 2.75) is 64.7 Å². The van der Waals surface area contributed by atoms with Crippen LogP contribution in [0.5, 0.6) is 0 Å². The Kier molecular flexibility index (Phi) is 6.15. The minimum Gasteiger partial charge on any atom is -0.396 e. The number of hydrogen-bond donors (Lipinski definition) is 2. The molecule has 0 spiro atoms. The van der Waals surface area contributed by atoms with Crippen molar-refractivity contribution in [1.29, 1.82) is 0 Å². The predicted octanol–water partition coefficient (Wildman–Crippen LogP) is 3.61. The second kappa shape index (κ2) is 7.64. The van der Waals surface area contributed by atoms with Crippen LogP contribution in [0.2, 0.25) is 0 Å². The van der Waals surface area contributed by atoms with Crippen LogP contribution in [0.15, 0.2) is 0 Å². The van der Waals surface area contributed by atoms with Crippen molar-refractivity contribution < 1.29 is 10.2 Å². The van der Waals surface area contributed by atoms with Crippen molar-refractivity contribution in [1.82, 2.24) is 0 Å². The van der Waals surface area contributed by atoms with Gasteiger partial charge in [0.2, 0.25) is 0 Å². The molecule has 2 aliphatic rings. The Labute approximate surface area is 118 Å². The molecule has 2 heteroatoms. The van der Waals surface area contributed by atoms with E-state index in [1.807, 2.05) is 0 Å². The zero-order chi connectivity index (χ0) is 13.7. The molecule has 0 aromatic heterocycles. The van der Waals surface area contributed by atoms with Gasteiger partial charge in [-0.15, -0.1) is 0 Å². The molecule has 2 N–H and O–H groups in total. The standard InChI is InChI=1S/C17H32O2/c1-2-17(15-7-3-13(11-18)4-8-15)16-9-5-14(12-19)6-10-16/h13-19H,2-12H2,1H3. The third kappa shape index (κ3) is 3.95. The van der Waals surface area contributed by atoms with Crippen LogP contribution in [0, 0.1) is 29.6 Å². The van der Waals surface area contributed by atoms with Gasteiger partial charge in [-0.05, 0) is 81.0 Å². The number of aliphatic hydroxyl groups excluding tert-OH is 2. The zero-order valence-electron chi connectivity index (χ0n) is 12.6. The third-order valence-electron chi connectivity index (χ3n) is 5.98. The molecule has 0 saturated heterocycles. The van der Waals surface area contributed by atoms with Gasteiger partial charge >= 0.3 is 0 Å². The van der Waals surface area contributed by atoms with E-state index in [-0.39, 0.29) is 0 Å². The largest absolute Gasteiger partial charge is 0.396 e. The Bertz CT molecular complexity index is 214. The molecule has 2 aliphatic carbocycles. The molecule has 0 radical (unpaired) electrons. The summed E-state index contributed by atoms with van der Waals surface area (Å²) in [6.45, 7) is 3.15. The van der Waals surface area contributed by atoms with E-state index in [2.05, 4.69) is 6.92 Å². The van der Waals surface area contributed by atoms with E-state index in [0.29, 0.717) is 25.0 Å². The lowest BCUT2D eigenvalue weighted by Crippen LogP contribution is -2.31. The van der Waals surface area contributed by atoms with Crippen LogP contribution in [-0.4, -0.2) is 23.4 Å². The molecule has 0 aromatic rings. The van der Waals surface area contributed by atoms with Gasteiger partial charge in [-0.2, -0.15) is 0 Å². The lowest BCUT2D eigenvalue weighted by Gasteiger charge is -2.40. The fraction of sp³-hybridized carbons (Fsp3) is 1.00. The monoisotopic (exact) mass is 268 g/mol. The topological polar surface area (TPSA) is 40.5 Å². The summed E-state index contributed by atoms with van der Waals surface area (Å²) in [5.74, 6) is 3.88. The Morgan fingerprint density at radius 2 is 1.11 bits per heavy atom. The lowest BCUT2D eigenvalue weighted by atomic mass is 9.66. The van der Waals surface area contributed by atoms with E-state index in [0.717, 1.165) is 17.8 Å². The minimum absolute atomic E-state index is 0.394. The van der Waals surface area contributed by atoms with Gasteiger partial charge in [0, 0.05) is 13.2 Å². The van der Waals surface area contributed by atoms with Crippen LogP contribution in [0.4, 0.5) is 0 Å². The van der Waals surface area contributed by atoms with E-state index in [4.69, 9.17) is 0 Å². The predicted molar refractivity (Wildman–Crippen MR) is 78.8 cm³/mol. The van der Waals surface area contributed by atoms with Gasteiger partial charge in [-0.1, -0.05) is 13.3 Å². The maximum atomic E-state index is 9.25. The first kappa shape index (κ1) is 15.3. The molecule has 0 atom stereocenters. The highest BCUT2D eigenvalue weighted by atomic mass is 16.3. The van der Waals surface area contributed by atoms with Crippen molar-refractivity contribution in [3.63, 3.8) is 0 Å². The second-order valence-corrected chi connectivity index (χ2v) is 7.00. The Hall–Kier alpha value is -0.0800. The van der Waals surface area contributed by atoms with Crippen LogP contribution in [0.3, 0.4) is 0 Å². The van der Waals surface area contributed by atoms with Crippen molar-refractivity contribution >= 4 is 0 Å². The van der Waals surface area contributed by atoms with Gasteiger partial charge in [0.05, 0.1) is 0 Å². The summed E-state index contributed by atoms with van der Waals surface area (Å²) in [6, 6.07) is 0. The second-order valence-electron chi connectivity index (χ2n) is 7.00. The fourth-order valence-electron chi connectivity index (χ4n) is 4.65. The normalized spacial score (nSPS) is 38.1. The maximum absolute atomic E-state index is 9.25. The van der Waals surface area contributed by atoms with Gasteiger partial charge in [0.1, 0.15) is 0 Å². The summed E-state index contributed by atoms with van der Waals surface area (Å²) in [4.78, 5) is 0. The summed E-state index contributed by atoms with van der Waals surface area (Å²) in [6.07, 6.45) is 11.6. The molecule has 0 amide bonds. The van der Waals surface area contributed by atoms with Crippen LogP contribution in [-0.2, 0) is 0 Å². The van der Waals surface area contributed by atoms with Crippen molar-refractivity contribution in [3.8, 4) is 0 Å². The first-order valence-corrected chi connectivity index (χ1v) is 8.50. The Morgan fingerprint density at radius 3 is 1.37 bits per heavy atom.